The minimum absolute atomic E-state index is 0.632. The molecule has 0 fully saturated rings. The van der Waals surface area contributed by atoms with Crippen LogP contribution < -0.4 is 0 Å². The van der Waals surface area contributed by atoms with E-state index in [2.05, 4.69) is 31.0 Å². The number of hydrogen-bond donors (Lipinski definition) is 2. The minimum Gasteiger partial charge on any atom is -0.389 e. The van der Waals surface area contributed by atoms with Crippen molar-refractivity contribution in [1.82, 2.24) is 4.90 Å². The molecular weight excluding hydrogens is 182 g/mol. The van der Waals surface area contributed by atoms with E-state index in [1.807, 2.05) is 13.8 Å². The quantitative estimate of drug-likeness (QED) is 0.505. The van der Waals surface area contributed by atoms with E-state index in [0.29, 0.717) is 12.3 Å². The molecule has 0 bridgehead atoms. The van der Waals surface area contributed by atoms with Gasteiger partial charge < -0.3 is 5.11 Å². The Morgan fingerprint density at radius 1 is 1.54 bits per heavy atom. The van der Waals surface area contributed by atoms with Crippen LogP contribution in [0.3, 0.4) is 0 Å². The Morgan fingerprint density at radius 3 is 2.38 bits per heavy atom. The third-order valence-electron chi connectivity index (χ3n) is 1.73. The van der Waals surface area contributed by atoms with Crippen LogP contribution in [0.1, 0.15) is 20.8 Å². The molecule has 1 N–H and O–H groups in total. The summed E-state index contributed by atoms with van der Waals surface area (Å²) < 4.78 is 0. The molecule has 0 heterocycles. The fourth-order valence-electron chi connectivity index (χ4n) is 1.19. The van der Waals surface area contributed by atoms with E-state index in [9.17, 15) is 5.11 Å². The van der Waals surface area contributed by atoms with Gasteiger partial charge in [0, 0.05) is 18.8 Å². The molecule has 0 rings (SSSR count). The average Bonchev–Trinajstić information content (AvgIpc) is 2.00. The lowest BCUT2D eigenvalue weighted by Gasteiger charge is -2.28. The summed E-state index contributed by atoms with van der Waals surface area (Å²) in [6, 6.07) is 0. The van der Waals surface area contributed by atoms with Crippen LogP contribution >= 0.6 is 12.6 Å². The van der Waals surface area contributed by atoms with Crippen LogP contribution in [-0.2, 0) is 0 Å². The van der Waals surface area contributed by atoms with Crippen LogP contribution in [-0.4, -0.2) is 41.0 Å². The number of hydrogen-bond acceptors (Lipinski definition) is 3. The van der Waals surface area contributed by atoms with Crippen LogP contribution in [0.2, 0.25) is 0 Å². The number of aliphatic hydroxyl groups is 1. The maximum absolute atomic E-state index is 9.61. The molecule has 0 saturated carbocycles. The summed E-state index contributed by atoms with van der Waals surface area (Å²) >= 11 is 4.15. The van der Waals surface area contributed by atoms with Crippen molar-refractivity contribution in [1.29, 1.82) is 0 Å². The van der Waals surface area contributed by atoms with Gasteiger partial charge in [-0.25, -0.2) is 0 Å². The second-order valence-electron chi connectivity index (χ2n) is 4.02. The van der Waals surface area contributed by atoms with Gasteiger partial charge in [-0.2, -0.15) is 12.6 Å². The third kappa shape index (κ3) is 7.11. The zero-order valence-corrected chi connectivity index (χ0v) is 9.77. The largest absolute Gasteiger partial charge is 0.389 e. The van der Waals surface area contributed by atoms with Gasteiger partial charge in [-0.05, 0) is 20.4 Å². The molecule has 0 amide bonds. The summed E-state index contributed by atoms with van der Waals surface area (Å²) in [5.74, 6) is 0.711. The van der Waals surface area contributed by atoms with Crippen molar-refractivity contribution in [2.75, 3.05) is 25.4 Å². The number of likely N-dealkylation sites (N-methyl/N-ethyl adjacent to an activating group) is 1. The second kappa shape index (κ2) is 5.68. The number of rotatable bonds is 6. The van der Waals surface area contributed by atoms with Crippen LogP contribution in [0, 0.1) is 0 Å². The van der Waals surface area contributed by atoms with Gasteiger partial charge in [0.25, 0.3) is 0 Å². The monoisotopic (exact) mass is 203 g/mol. The predicted molar refractivity (Wildman–Crippen MR) is 61.4 cm³/mol. The lowest BCUT2D eigenvalue weighted by molar-refractivity contribution is 0.0409. The van der Waals surface area contributed by atoms with E-state index in [1.165, 1.54) is 0 Å². The average molecular weight is 203 g/mol. The highest BCUT2D eigenvalue weighted by Gasteiger charge is 2.16. The molecular formula is C10H21NOS. The van der Waals surface area contributed by atoms with Crippen LogP contribution in [0.25, 0.3) is 0 Å². The molecule has 78 valence electrons. The Morgan fingerprint density at radius 2 is 2.08 bits per heavy atom. The molecule has 0 atom stereocenters. The van der Waals surface area contributed by atoms with Gasteiger partial charge in [-0.15, -0.1) is 0 Å². The topological polar surface area (TPSA) is 23.5 Å². The molecule has 0 aromatic carbocycles. The maximum atomic E-state index is 9.61. The molecule has 0 aromatic rings. The number of nitrogens with zero attached hydrogens (tertiary/aromatic N) is 1. The van der Waals surface area contributed by atoms with Crippen LogP contribution in [0.4, 0.5) is 0 Å². The first-order chi connectivity index (χ1) is 5.89. The van der Waals surface area contributed by atoms with E-state index in [-0.39, 0.29) is 0 Å². The first-order valence-electron chi connectivity index (χ1n) is 4.61. The fourth-order valence-corrected chi connectivity index (χ4v) is 1.29. The summed E-state index contributed by atoms with van der Waals surface area (Å²) in [7, 11) is 0. The Balaban J connectivity index is 3.97. The summed E-state index contributed by atoms with van der Waals surface area (Å²) in [6.07, 6.45) is 0. The van der Waals surface area contributed by atoms with Crippen LogP contribution in [0.5, 0.6) is 0 Å². The van der Waals surface area contributed by atoms with Crippen molar-refractivity contribution in [3.8, 4) is 0 Å². The van der Waals surface area contributed by atoms with Gasteiger partial charge in [0.05, 0.1) is 5.60 Å². The molecule has 0 aliphatic rings. The molecule has 0 aromatic heterocycles. The van der Waals surface area contributed by atoms with E-state index >= 15 is 0 Å². The first kappa shape index (κ1) is 13.0. The molecule has 3 heteroatoms. The highest BCUT2D eigenvalue weighted by Crippen LogP contribution is 2.07. The SMILES string of the molecule is C=C(CS)CN(CC)CC(C)(C)O. The maximum Gasteiger partial charge on any atom is 0.0718 e. The van der Waals surface area contributed by atoms with Crippen molar-refractivity contribution in [2.45, 2.75) is 26.4 Å². The zero-order valence-electron chi connectivity index (χ0n) is 8.88. The number of thiol groups is 1. The highest BCUT2D eigenvalue weighted by molar-refractivity contribution is 7.80. The molecule has 0 spiro atoms. The third-order valence-corrected chi connectivity index (χ3v) is 2.18. The Bertz CT molecular complexity index is 163. The van der Waals surface area contributed by atoms with Gasteiger partial charge in [-0.3, -0.25) is 4.90 Å². The predicted octanol–water partition coefficient (Wildman–Crippen LogP) is 1.57. The molecule has 0 radical (unpaired) electrons. The van der Waals surface area contributed by atoms with Crippen molar-refractivity contribution in [3.05, 3.63) is 12.2 Å². The van der Waals surface area contributed by atoms with E-state index in [0.717, 1.165) is 18.7 Å². The summed E-state index contributed by atoms with van der Waals surface area (Å²) in [4.78, 5) is 2.17. The van der Waals surface area contributed by atoms with Gasteiger partial charge in [0.15, 0.2) is 0 Å². The minimum atomic E-state index is -0.632. The van der Waals surface area contributed by atoms with Crippen molar-refractivity contribution in [3.63, 3.8) is 0 Å². The molecule has 13 heavy (non-hydrogen) atoms. The lowest BCUT2D eigenvalue weighted by atomic mass is 10.1. The molecule has 2 nitrogen and oxygen atoms in total. The fraction of sp³-hybridized carbons (Fsp3) is 0.800. The van der Waals surface area contributed by atoms with E-state index in [4.69, 9.17) is 0 Å². The van der Waals surface area contributed by atoms with Gasteiger partial charge in [-0.1, -0.05) is 19.1 Å². The van der Waals surface area contributed by atoms with Crippen molar-refractivity contribution < 1.29 is 5.11 Å². The summed E-state index contributed by atoms with van der Waals surface area (Å²) in [5, 5.41) is 9.61. The van der Waals surface area contributed by atoms with Gasteiger partial charge in [0.2, 0.25) is 0 Å². The lowest BCUT2D eigenvalue weighted by Crippen LogP contribution is -2.39. The first-order valence-corrected chi connectivity index (χ1v) is 5.24. The molecule has 0 saturated heterocycles. The van der Waals surface area contributed by atoms with E-state index in [1.54, 1.807) is 0 Å². The van der Waals surface area contributed by atoms with E-state index < -0.39 is 5.60 Å². The smallest absolute Gasteiger partial charge is 0.0718 e. The van der Waals surface area contributed by atoms with Crippen molar-refractivity contribution in [2.24, 2.45) is 0 Å². The summed E-state index contributed by atoms with van der Waals surface area (Å²) in [5.41, 5.74) is 0.460. The molecule has 0 aliphatic carbocycles. The Hall–Kier alpha value is 0.01000. The Kier molecular flexibility index (Phi) is 5.68. The highest BCUT2D eigenvalue weighted by atomic mass is 32.1. The molecule has 0 aliphatic heterocycles. The normalized spacial score (nSPS) is 12.2. The molecule has 0 unspecified atom stereocenters. The standard InChI is InChI=1S/C10H21NOS/c1-5-11(6-9(2)7-13)8-10(3,4)12/h12-13H,2,5-8H2,1,3-4H3. The van der Waals surface area contributed by atoms with Gasteiger partial charge in [0.1, 0.15) is 0 Å². The zero-order chi connectivity index (χ0) is 10.5. The second-order valence-corrected chi connectivity index (χ2v) is 4.34. The van der Waals surface area contributed by atoms with Crippen LogP contribution in [0.15, 0.2) is 12.2 Å². The van der Waals surface area contributed by atoms with Gasteiger partial charge >= 0.3 is 0 Å². The summed E-state index contributed by atoms with van der Waals surface area (Å²) in [6.45, 7) is 12.0. The van der Waals surface area contributed by atoms with Crippen molar-refractivity contribution >= 4 is 12.6 Å². The Labute approximate surface area is 87.0 Å².